The van der Waals surface area contributed by atoms with E-state index in [0.29, 0.717) is 17.7 Å². The Morgan fingerprint density at radius 2 is 2.35 bits per heavy atom. The van der Waals surface area contributed by atoms with E-state index < -0.39 is 0 Å². The van der Waals surface area contributed by atoms with Crippen LogP contribution in [0.3, 0.4) is 0 Å². The van der Waals surface area contributed by atoms with Crippen LogP contribution in [0.4, 0.5) is 4.39 Å². The summed E-state index contributed by atoms with van der Waals surface area (Å²) in [5, 5.41) is 0. The largest absolute Gasteiger partial charge is 0.377 e. The highest BCUT2D eigenvalue weighted by atomic mass is 19.1. The molecule has 1 heterocycles. The topological polar surface area (TPSA) is 38.5 Å². The number of nitrogens with two attached hydrogens (primary N) is 1. The summed E-state index contributed by atoms with van der Waals surface area (Å²) in [6.45, 7) is 2.55. The van der Waals surface area contributed by atoms with Crippen molar-refractivity contribution in [2.24, 2.45) is 5.73 Å². The number of hydrogen-bond donors (Lipinski definition) is 1. The van der Waals surface area contributed by atoms with Crippen LogP contribution in [0.25, 0.3) is 0 Å². The van der Waals surface area contributed by atoms with Gasteiger partial charge in [0.25, 0.3) is 0 Å². The molecule has 1 saturated heterocycles. The number of rotatable bonds is 4. The highest BCUT2D eigenvalue weighted by Crippen LogP contribution is 2.16. The standard InChI is InChI=1S/C16H21FN2O/c1-19(12-15-5-3-9-20-15)11-14-7-6-13(4-2-8-18)10-16(14)17/h6-7,10,15H,3,5,8-9,11-12,18H2,1H3. The molecule has 20 heavy (non-hydrogen) atoms. The molecule has 2 rings (SSSR count). The van der Waals surface area contributed by atoms with Gasteiger partial charge in [0, 0.05) is 30.8 Å². The summed E-state index contributed by atoms with van der Waals surface area (Å²) in [6, 6.07) is 5.10. The first kappa shape index (κ1) is 15.0. The number of benzene rings is 1. The van der Waals surface area contributed by atoms with Crippen LogP contribution in [0.2, 0.25) is 0 Å². The van der Waals surface area contributed by atoms with Crippen LogP contribution >= 0.6 is 0 Å². The maximum atomic E-state index is 14.0. The van der Waals surface area contributed by atoms with E-state index in [4.69, 9.17) is 10.5 Å². The van der Waals surface area contributed by atoms with Crippen LogP contribution in [0.5, 0.6) is 0 Å². The second-order valence-electron chi connectivity index (χ2n) is 5.14. The van der Waals surface area contributed by atoms with Crippen molar-refractivity contribution in [2.45, 2.75) is 25.5 Å². The zero-order valence-corrected chi connectivity index (χ0v) is 11.9. The van der Waals surface area contributed by atoms with Crippen molar-refractivity contribution < 1.29 is 9.13 Å². The first-order valence-corrected chi connectivity index (χ1v) is 6.96. The van der Waals surface area contributed by atoms with Crippen LogP contribution in [-0.2, 0) is 11.3 Å². The third-order valence-corrected chi connectivity index (χ3v) is 3.37. The Kier molecular flexibility index (Phi) is 5.54. The van der Waals surface area contributed by atoms with Crippen molar-refractivity contribution in [2.75, 3.05) is 26.7 Å². The molecule has 1 fully saturated rings. The summed E-state index contributed by atoms with van der Waals surface area (Å²) >= 11 is 0. The first-order chi connectivity index (χ1) is 9.69. The lowest BCUT2D eigenvalue weighted by molar-refractivity contribution is 0.0790. The van der Waals surface area contributed by atoms with Crippen molar-refractivity contribution >= 4 is 0 Å². The lowest BCUT2D eigenvalue weighted by Gasteiger charge is -2.20. The molecule has 3 nitrogen and oxygen atoms in total. The Morgan fingerprint density at radius 3 is 3.00 bits per heavy atom. The van der Waals surface area contributed by atoms with Crippen molar-refractivity contribution in [1.29, 1.82) is 0 Å². The van der Waals surface area contributed by atoms with Gasteiger partial charge in [-0.05, 0) is 32.0 Å². The lowest BCUT2D eigenvalue weighted by Crippen LogP contribution is -2.28. The SMILES string of the molecule is CN(Cc1ccc(C#CCN)cc1F)CC1CCCO1. The molecule has 1 aliphatic heterocycles. The molecule has 0 spiro atoms. The molecule has 1 atom stereocenters. The molecule has 0 aromatic heterocycles. The van der Waals surface area contributed by atoms with Gasteiger partial charge in [0.2, 0.25) is 0 Å². The normalized spacial score (nSPS) is 18.1. The second kappa shape index (κ2) is 7.39. The number of ether oxygens (including phenoxy) is 1. The van der Waals surface area contributed by atoms with Crippen LogP contribution in [0.1, 0.15) is 24.0 Å². The number of likely N-dealkylation sites (N-methyl/N-ethyl adjacent to an activating group) is 1. The fourth-order valence-electron chi connectivity index (χ4n) is 2.40. The summed E-state index contributed by atoms with van der Waals surface area (Å²) in [4.78, 5) is 2.10. The van der Waals surface area contributed by atoms with Crippen LogP contribution < -0.4 is 5.73 Å². The van der Waals surface area contributed by atoms with Gasteiger partial charge in [-0.2, -0.15) is 0 Å². The predicted molar refractivity (Wildman–Crippen MR) is 77.6 cm³/mol. The van der Waals surface area contributed by atoms with E-state index in [-0.39, 0.29) is 18.5 Å². The molecule has 4 heteroatoms. The molecule has 1 aromatic rings. The number of halogens is 1. The van der Waals surface area contributed by atoms with Gasteiger partial charge in [0.1, 0.15) is 5.82 Å². The van der Waals surface area contributed by atoms with E-state index in [1.54, 1.807) is 6.07 Å². The van der Waals surface area contributed by atoms with Gasteiger partial charge in [-0.3, -0.25) is 4.90 Å². The Balaban J connectivity index is 1.94. The predicted octanol–water partition coefficient (Wildman–Crippen LogP) is 1.75. The monoisotopic (exact) mass is 276 g/mol. The van der Waals surface area contributed by atoms with Crippen molar-refractivity contribution in [3.63, 3.8) is 0 Å². The fourth-order valence-corrected chi connectivity index (χ4v) is 2.40. The van der Waals surface area contributed by atoms with Crippen molar-refractivity contribution in [1.82, 2.24) is 4.90 Å². The van der Waals surface area contributed by atoms with Crippen LogP contribution in [0, 0.1) is 17.7 Å². The van der Waals surface area contributed by atoms with Gasteiger partial charge in [-0.1, -0.05) is 17.9 Å². The molecule has 1 unspecified atom stereocenters. The van der Waals surface area contributed by atoms with E-state index in [9.17, 15) is 4.39 Å². The second-order valence-corrected chi connectivity index (χ2v) is 5.14. The molecule has 1 aliphatic rings. The van der Waals surface area contributed by atoms with Gasteiger partial charge < -0.3 is 10.5 Å². The molecule has 0 amide bonds. The van der Waals surface area contributed by atoms with E-state index in [1.807, 2.05) is 13.1 Å². The van der Waals surface area contributed by atoms with Gasteiger partial charge in [0.05, 0.1) is 12.6 Å². The highest BCUT2D eigenvalue weighted by Gasteiger charge is 2.17. The zero-order chi connectivity index (χ0) is 14.4. The summed E-state index contributed by atoms with van der Waals surface area (Å²) < 4.78 is 19.6. The number of nitrogens with zero attached hydrogens (tertiary/aromatic N) is 1. The minimum atomic E-state index is -0.215. The van der Waals surface area contributed by atoms with Gasteiger partial charge >= 0.3 is 0 Å². The maximum Gasteiger partial charge on any atom is 0.128 e. The Labute approximate surface area is 119 Å². The molecule has 108 valence electrons. The smallest absolute Gasteiger partial charge is 0.128 e. The van der Waals surface area contributed by atoms with E-state index in [2.05, 4.69) is 16.7 Å². The maximum absolute atomic E-state index is 14.0. The van der Waals surface area contributed by atoms with Crippen molar-refractivity contribution in [3.8, 4) is 11.8 Å². The molecule has 0 radical (unpaired) electrons. The molecule has 0 aliphatic carbocycles. The van der Waals surface area contributed by atoms with Crippen LogP contribution in [-0.4, -0.2) is 37.7 Å². The molecular weight excluding hydrogens is 255 g/mol. The van der Waals surface area contributed by atoms with E-state index >= 15 is 0 Å². The summed E-state index contributed by atoms with van der Waals surface area (Å²) in [6.07, 6.45) is 2.51. The molecule has 0 bridgehead atoms. The first-order valence-electron chi connectivity index (χ1n) is 6.96. The summed E-state index contributed by atoms with van der Waals surface area (Å²) in [5.41, 5.74) is 6.65. The zero-order valence-electron chi connectivity index (χ0n) is 11.9. The van der Waals surface area contributed by atoms with Gasteiger partial charge in [-0.25, -0.2) is 4.39 Å². The summed E-state index contributed by atoms with van der Waals surface area (Å²) in [7, 11) is 1.99. The Bertz CT molecular complexity index is 501. The Morgan fingerprint density at radius 1 is 1.50 bits per heavy atom. The molecule has 1 aromatic carbocycles. The van der Waals surface area contributed by atoms with Crippen LogP contribution in [0.15, 0.2) is 18.2 Å². The third-order valence-electron chi connectivity index (χ3n) is 3.37. The number of hydrogen-bond acceptors (Lipinski definition) is 3. The summed E-state index contributed by atoms with van der Waals surface area (Å²) in [5.74, 6) is 5.35. The molecule has 0 saturated carbocycles. The Hall–Kier alpha value is -1.41. The average molecular weight is 276 g/mol. The average Bonchev–Trinajstić information content (AvgIpc) is 2.92. The van der Waals surface area contributed by atoms with Crippen molar-refractivity contribution in [3.05, 3.63) is 35.1 Å². The highest BCUT2D eigenvalue weighted by molar-refractivity contribution is 5.37. The van der Waals surface area contributed by atoms with E-state index in [1.165, 1.54) is 6.07 Å². The molecular formula is C16H21FN2O. The molecule has 2 N–H and O–H groups in total. The third kappa shape index (κ3) is 4.31. The minimum absolute atomic E-state index is 0.215. The van der Waals surface area contributed by atoms with Gasteiger partial charge in [-0.15, -0.1) is 0 Å². The minimum Gasteiger partial charge on any atom is -0.377 e. The van der Waals surface area contributed by atoms with E-state index in [0.717, 1.165) is 26.0 Å². The van der Waals surface area contributed by atoms with Gasteiger partial charge in [0.15, 0.2) is 0 Å². The lowest BCUT2D eigenvalue weighted by atomic mass is 10.1. The fraction of sp³-hybridized carbons (Fsp3) is 0.500. The quantitative estimate of drug-likeness (QED) is 0.852.